The molecule has 2 aromatic heterocycles. The number of hydrogen-bond acceptors (Lipinski definition) is 8. The standard InChI is InChI=1S/C35H22ClFN4O4S2/c1-19-6-8-20(9-7-19)17-40-26-5-3-2-4-25(26)35(32(40)44)28-29(42)24-16-22(36)12-15-27(24)45-30(28)31(43)41(35)33-38-39-34(47-33)46-18-21-10-13-23(37)14-11-21/h2-16H,17-18H2,1H3. The van der Waals surface area contributed by atoms with E-state index in [2.05, 4.69) is 10.2 Å². The van der Waals surface area contributed by atoms with Crippen molar-refractivity contribution >= 4 is 68.3 Å². The Morgan fingerprint density at radius 3 is 2.47 bits per heavy atom. The van der Waals surface area contributed by atoms with Gasteiger partial charge < -0.3 is 9.32 Å². The molecule has 2 amide bonds. The summed E-state index contributed by atoms with van der Waals surface area (Å²) >= 11 is 8.78. The fraction of sp³-hybridized carbons (Fsp3) is 0.114. The van der Waals surface area contributed by atoms with Crippen molar-refractivity contribution in [2.24, 2.45) is 0 Å². The third-order valence-electron chi connectivity index (χ3n) is 8.41. The number of anilines is 2. The maximum absolute atomic E-state index is 15.1. The number of aromatic nitrogens is 2. The molecule has 0 N–H and O–H groups in total. The molecule has 2 aliphatic rings. The van der Waals surface area contributed by atoms with Gasteiger partial charge in [-0.05, 0) is 54.4 Å². The number of thioether (sulfide) groups is 1. The third kappa shape index (κ3) is 4.60. The number of benzene rings is 4. The highest BCUT2D eigenvalue weighted by Crippen LogP contribution is 2.55. The molecule has 8 nitrogen and oxygen atoms in total. The Kier molecular flexibility index (Phi) is 7.01. The molecule has 0 bridgehead atoms. The van der Waals surface area contributed by atoms with Crippen LogP contribution in [0.3, 0.4) is 0 Å². The molecule has 4 heterocycles. The smallest absolute Gasteiger partial charge is 0.297 e. The van der Waals surface area contributed by atoms with E-state index in [1.54, 1.807) is 41.3 Å². The zero-order valence-electron chi connectivity index (χ0n) is 24.6. The number of nitrogens with zero attached hydrogens (tertiary/aromatic N) is 4. The average Bonchev–Trinajstić information content (AvgIpc) is 3.71. The molecule has 1 unspecified atom stereocenters. The van der Waals surface area contributed by atoms with Gasteiger partial charge >= 0.3 is 0 Å². The molecule has 6 aromatic rings. The van der Waals surface area contributed by atoms with Crippen molar-refractivity contribution in [1.82, 2.24) is 10.2 Å². The molecule has 1 spiro atoms. The van der Waals surface area contributed by atoms with E-state index in [1.165, 1.54) is 40.9 Å². The van der Waals surface area contributed by atoms with Crippen LogP contribution in [0, 0.1) is 12.7 Å². The predicted octanol–water partition coefficient (Wildman–Crippen LogP) is 7.49. The van der Waals surface area contributed by atoms with Crippen LogP contribution in [0.1, 0.15) is 38.4 Å². The van der Waals surface area contributed by atoms with E-state index in [-0.39, 0.29) is 39.8 Å². The normalized spacial score (nSPS) is 16.8. The topological polar surface area (TPSA) is 96.6 Å². The molecule has 1 atom stereocenters. The van der Waals surface area contributed by atoms with E-state index >= 15 is 4.79 Å². The first-order chi connectivity index (χ1) is 22.8. The van der Waals surface area contributed by atoms with Gasteiger partial charge in [0, 0.05) is 16.3 Å². The summed E-state index contributed by atoms with van der Waals surface area (Å²) in [6.07, 6.45) is 0. The lowest BCUT2D eigenvalue weighted by Gasteiger charge is -2.32. The first-order valence-electron chi connectivity index (χ1n) is 14.5. The first-order valence-corrected chi connectivity index (χ1v) is 16.7. The van der Waals surface area contributed by atoms with Crippen LogP contribution >= 0.6 is 34.7 Å². The molecule has 0 saturated carbocycles. The molecule has 8 rings (SSSR count). The van der Waals surface area contributed by atoms with E-state index in [0.717, 1.165) is 28.0 Å². The second-order valence-electron chi connectivity index (χ2n) is 11.3. The number of amides is 2. The summed E-state index contributed by atoms with van der Waals surface area (Å²) < 4.78 is 20.1. The highest BCUT2D eigenvalue weighted by molar-refractivity contribution is 8.00. The van der Waals surface area contributed by atoms with Gasteiger partial charge in [-0.2, -0.15) is 0 Å². The molecular weight excluding hydrogens is 659 g/mol. The summed E-state index contributed by atoms with van der Waals surface area (Å²) in [5.41, 5.74) is 1.48. The molecule has 0 aliphatic carbocycles. The summed E-state index contributed by atoms with van der Waals surface area (Å²) in [5.74, 6) is -1.26. The second-order valence-corrected chi connectivity index (χ2v) is 13.9. The van der Waals surface area contributed by atoms with Crippen LogP contribution in [0.2, 0.25) is 5.02 Å². The molecule has 0 saturated heterocycles. The summed E-state index contributed by atoms with van der Waals surface area (Å²) in [7, 11) is 0. The van der Waals surface area contributed by atoms with Gasteiger partial charge in [0.15, 0.2) is 15.3 Å². The maximum Gasteiger partial charge on any atom is 0.297 e. The van der Waals surface area contributed by atoms with E-state index in [9.17, 15) is 14.0 Å². The lowest BCUT2D eigenvalue weighted by molar-refractivity contribution is -0.121. The second kappa shape index (κ2) is 11.2. The molecule has 2 aliphatic heterocycles. The summed E-state index contributed by atoms with van der Waals surface area (Å²) in [5, 5.41) is 9.29. The van der Waals surface area contributed by atoms with Crippen LogP contribution in [0.25, 0.3) is 11.0 Å². The number of para-hydroxylation sites is 1. The van der Waals surface area contributed by atoms with Crippen molar-refractivity contribution in [1.29, 1.82) is 0 Å². The minimum absolute atomic E-state index is 0.0863. The van der Waals surface area contributed by atoms with E-state index in [4.69, 9.17) is 16.0 Å². The monoisotopic (exact) mass is 680 g/mol. The Morgan fingerprint density at radius 1 is 0.936 bits per heavy atom. The van der Waals surface area contributed by atoms with E-state index < -0.39 is 22.8 Å². The Labute approximate surface area is 280 Å². The molecule has 4 aromatic carbocycles. The van der Waals surface area contributed by atoms with Crippen LogP contribution in [0.15, 0.2) is 105 Å². The maximum atomic E-state index is 15.1. The Balaban J connectivity index is 1.31. The number of carbonyl (C=O) groups excluding carboxylic acids is 2. The summed E-state index contributed by atoms with van der Waals surface area (Å²) in [6, 6.07) is 25.7. The van der Waals surface area contributed by atoms with Crippen LogP contribution in [-0.2, 0) is 22.6 Å². The van der Waals surface area contributed by atoms with Crippen molar-refractivity contribution in [2.45, 2.75) is 29.1 Å². The number of carbonyl (C=O) groups is 2. The highest BCUT2D eigenvalue weighted by Gasteiger charge is 2.66. The van der Waals surface area contributed by atoms with E-state index in [0.29, 0.717) is 26.4 Å². The number of rotatable bonds is 6. The largest absolute Gasteiger partial charge is 0.450 e. The van der Waals surface area contributed by atoms with Crippen LogP contribution in [0.5, 0.6) is 0 Å². The van der Waals surface area contributed by atoms with Crippen molar-refractivity contribution < 1.29 is 18.4 Å². The zero-order chi connectivity index (χ0) is 32.4. The average molecular weight is 681 g/mol. The first kappa shape index (κ1) is 29.6. The van der Waals surface area contributed by atoms with Crippen molar-refractivity contribution in [3.8, 4) is 0 Å². The Morgan fingerprint density at radius 2 is 1.68 bits per heavy atom. The lowest BCUT2D eigenvalue weighted by atomic mass is 9.84. The predicted molar refractivity (Wildman–Crippen MR) is 180 cm³/mol. The van der Waals surface area contributed by atoms with Crippen LogP contribution in [0.4, 0.5) is 15.2 Å². The fourth-order valence-electron chi connectivity index (χ4n) is 6.25. The highest BCUT2D eigenvalue weighted by atomic mass is 35.5. The minimum atomic E-state index is -1.91. The third-order valence-corrected chi connectivity index (χ3v) is 10.8. The van der Waals surface area contributed by atoms with Gasteiger partial charge in [0.2, 0.25) is 10.9 Å². The lowest BCUT2D eigenvalue weighted by Crippen LogP contribution is -2.53. The minimum Gasteiger partial charge on any atom is -0.450 e. The quantitative estimate of drug-likeness (QED) is 0.133. The molecule has 0 radical (unpaired) electrons. The number of aryl methyl sites for hydroxylation is 1. The number of halogens is 2. The molecular formula is C35H22ClFN4O4S2. The molecule has 0 fully saturated rings. The summed E-state index contributed by atoms with van der Waals surface area (Å²) in [4.78, 5) is 46.9. The zero-order valence-corrected chi connectivity index (χ0v) is 27.0. The van der Waals surface area contributed by atoms with Gasteiger partial charge in [0.1, 0.15) is 11.4 Å². The number of hydrogen-bond donors (Lipinski definition) is 0. The fourth-order valence-corrected chi connectivity index (χ4v) is 8.27. The SMILES string of the molecule is Cc1ccc(CN2C(=O)C3(c4ccccc42)c2c(oc4ccc(Cl)cc4c2=O)C(=O)N3c2nnc(SCc3ccc(F)cc3)s2)cc1. The number of fused-ring (bicyclic) bond motifs is 5. The molecule has 12 heteroatoms. The van der Waals surface area contributed by atoms with Gasteiger partial charge in [-0.15, -0.1) is 10.2 Å². The van der Waals surface area contributed by atoms with Gasteiger partial charge in [0.25, 0.3) is 11.8 Å². The van der Waals surface area contributed by atoms with Crippen molar-refractivity contribution in [2.75, 3.05) is 9.80 Å². The van der Waals surface area contributed by atoms with Crippen molar-refractivity contribution in [3.63, 3.8) is 0 Å². The molecule has 47 heavy (non-hydrogen) atoms. The van der Waals surface area contributed by atoms with Gasteiger partial charge in [-0.3, -0.25) is 19.3 Å². The van der Waals surface area contributed by atoms with Gasteiger partial charge in [-0.25, -0.2) is 4.39 Å². The molecule has 232 valence electrons. The van der Waals surface area contributed by atoms with Crippen LogP contribution in [-0.4, -0.2) is 22.0 Å². The van der Waals surface area contributed by atoms with Gasteiger partial charge in [0.05, 0.1) is 23.2 Å². The van der Waals surface area contributed by atoms with Crippen molar-refractivity contribution in [3.05, 3.63) is 146 Å². The van der Waals surface area contributed by atoms with E-state index in [1.807, 2.05) is 37.3 Å². The van der Waals surface area contributed by atoms with Gasteiger partial charge in [-0.1, -0.05) is 94.9 Å². The Bertz CT molecular complexity index is 2310. The summed E-state index contributed by atoms with van der Waals surface area (Å²) in [6.45, 7) is 2.19. The Hall–Kier alpha value is -4.84. The van der Waals surface area contributed by atoms with Crippen LogP contribution < -0.4 is 15.2 Å².